The minimum Gasteiger partial charge on any atom is -0.458 e. The Morgan fingerprint density at radius 1 is 0.708 bits per heavy atom. The highest BCUT2D eigenvalue weighted by Gasteiger charge is 2.38. The second kappa shape index (κ2) is 16.4. The molecule has 0 saturated heterocycles. The lowest BCUT2D eigenvalue weighted by molar-refractivity contribution is -0.159. The fourth-order valence-electron chi connectivity index (χ4n) is 5.34. The SMILES string of the molecule is CCN(C(=O)C(Cc1ccccc1)NC(=O)OC(C)(C)C)C(C(=O)NC(Cc1ccccc1)C(=O)OC(C)(C)C)c1cc(C)ccc1C. The lowest BCUT2D eigenvalue weighted by Crippen LogP contribution is -2.55. The van der Waals surface area contributed by atoms with E-state index in [4.69, 9.17) is 9.47 Å². The first-order valence-corrected chi connectivity index (χ1v) is 16.5. The number of nitrogens with one attached hydrogen (secondary N) is 2. The molecule has 3 aromatic rings. The molecule has 0 aliphatic heterocycles. The van der Waals surface area contributed by atoms with Crippen LogP contribution in [0.2, 0.25) is 0 Å². The lowest BCUT2D eigenvalue weighted by Gasteiger charge is -2.35. The highest BCUT2D eigenvalue weighted by atomic mass is 16.6. The van der Waals surface area contributed by atoms with Gasteiger partial charge in [0.2, 0.25) is 11.8 Å². The zero-order valence-electron chi connectivity index (χ0n) is 29.8. The van der Waals surface area contributed by atoms with Crippen molar-refractivity contribution in [3.05, 3.63) is 107 Å². The van der Waals surface area contributed by atoms with Crippen molar-refractivity contribution in [2.75, 3.05) is 6.54 Å². The minimum absolute atomic E-state index is 0.140. The second-order valence-electron chi connectivity index (χ2n) is 14.1. The predicted octanol–water partition coefficient (Wildman–Crippen LogP) is 6.40. The molecular formula is C39H51N3O6. The number of ether oxygens (including phenoxy) is 2. The number of carbonyl (C=O) groups is 4. The summed E-state index contributed by atoms with van der Waals surface area (Å²) in [5.41, 5.74) is 2.40. The molecule has 2 N–H and O–H groups in total. The van der Waals surface area contributed by atoms with Gasteiger partial charge in [0, 0.05) is 19.4 Å². The van der Waals surface area contributed by atoms with Crippen molar-refractivity contribution < 1.29 is 28.7 Å². The summed E-state index contributed by atoms with van der Waals surface area (Å²) in [5, 5.41) is 5.71. The third kappa shape index (κ3) is 11.5. The van der Waals surface area contributed by atoms with Crippen molar-refractivity contribution in [2.45, 2.75) is 104 Å². The van der Waals surface area contributed by atoms with Crippen LogP contribution in [-0.2, 0) is 36.7 Å². The number of amides is 3. The first kappa shape index (κ1) is 37.8. The molecule has 9 heteroatoms. The zero-order chi connectivity index (χ0) is 35.6. The van der Waals surface area contributed by atoms with Gasteiger partial charge in [-0.05, 0) is 84.6 Å². The Kier molecular flexibility index (Phi) is 12.9. The second-order valence-corrected chi connectivity index (χ2v) is 14.1. The number of hydrogen-bond donors (Lipinski definition) is 2. The number of esters is 1. The Morgan fingerprint density at radius 2 is 1.23 bits per heavy atom. The molecule has 0 radical (unpaired) electrons. The number of rotatable bonds is 12. The van der Waals surface area contributed by atoms with Crippen LogP contribution in [-0.4, -0.2) is 58.6 Å². The average molecular weight is 658 g/mol. The van der Waals surface area contributed by atoms with Crippen LogP contribution in [0.3, 0.4) is 0 Å². The Bertz CT molecular complexity index is 1540. The van der Waals surface area contributed by atoms with Gasteiger partial charge in [-0.3, -0.25) is 9.59 Å². The van der Waals surface area contributed by atoms with E-state index in [1.54, 1.807) is 48.5 Å². The number of benzene rings is 3. The standard InChI is InChI=1S/C39H51N3O6/c1-10-42(35(44)31(24-28-17-13-11-14-18-28)41-37(46)48-39(7,8)9)33(30-23-26(2)21-22-27(30)3)34(43)40-32(36(45)47-38(4,5)6)25-29-19-15-12-16-20-29/h11-23,31-33H,10,24-25H2,1-9H3,(H,40,43)(H,41,46). The van der Waals surface area contributed by atoms with Crippen molar-refractivity contribution in [2.24, 2.45) is 0 Å². The highest BCUT2D eigenvalue weighted by Crippen LogP contribution is 2.28. The first-order valence-electron chi connectivity index (χ1n) is 16.5. The van der Waals surface area contributed by atoms with Crippen LogP contribution in [0.4, 0.5) is 4.79 Å². The molecule has 0 aromatic heterocycles. The molecule has 0 heterocycles. The fraction of sp³-hybridized carbons (Fsp3) is 0.436. The van der Waals surface area contributed by atoms with Crippen LogP contribution in [0.25, 0.3) is 0 Å². The summed E-state index contributed by atoms with van der Waals surface area (Å²) in [7, 11) is 0. The number of carbonyl (C=O) groups excluding carboxylic acids is 4. The molecular weight excluding hydrogens is 606 g/mol. The fourth-order valence-corrected chi connectivity index (χ4v) is 5.34. The van der Waals surface area contributed by atoms with E-state index in [2.05, 4.69) is 10.6 Å². The van der Waals surface area contributed by atoms with E-state index in [0.29, 0.717) is 5.56 Å². The summed E-state index contributed by atoms with van der Waals surface area (Å²) in [4.78, 5) is 57.1. The lowest BCUT2D eigenvalue weighted by atomic mass is 9.95. The summed E-state index contributed by atoms with van der Waals surface area (Å²) < 4.78 is 11.2. The maximum atomic E-state index is 14.6. The van der Waals surface area contributed by atoms with E-state index >= 15 is 0 Å². The molecule has 0 bridgehead atoms. The van der Waals surface area contributed by atoms with E-state index in [1.807, 2.05) is 92.7 Å². The Hall–Kier alpha value is -4.66. The molecule has 3 atom stereocenters. The van der Waals surface area contributed by atoms with E-state index in [0.717, 1.165) is 22.3 Å². The third-order valence-corrected chi connectivity index (χ3v) is 7.48. The Balaban J connectivity index is 2.08. The van der Waals surface area contributed by atoms with Crippen LogP contribution in [0.5, 0.6) is 0 Å². The van der Waals surface area contributed by atoms with Crippen molar-refractivity contribution in [3.8, 4) is 0 Å². The summed E-state index contributed by atoms with van der Waals surface area (Å²) in [6, 6.07) is 21.2. The van der Waals surface area contributed by atoms with E-state index < -0.39 is 53.2 Å². The van der Waals surface area contributed by atoms with E-state index in [9.17, 15) is 19.2 Å². The molecule has 9 nitrogen and oxygen atoms in total. The van der Waals surface area contributed by atoms with Gasteiger partial charge in [0.15, 0.2) is 0 Å². The third-order valence-electron chi connectivity index (χ3n) is 7.48. The highest BCUT2D eigenvalue weighted by molar-refractivity contribution is 5.94. The topological polar surface area (TPSA) is 114 Å². The largest absolute Gasteiger partial charge is 0.458 e. The van der Waals surface area contributed by atoms with E-state index in [1.165, 1.54) is 4.90 Å². The molecule has 0 spiro atoms. The first-order chi connectivity index (χ1) is 22.5. The van der Waals surface area contributed by atoms with Gasteiger partial charge < -0.3 is 25.0 Å². The maximum Gasteiger partial charge on any atom is 0.408 e. The van der Waals surface area contributed by atoms with Gasteiger partial charge in [0.05, 0.1) is 0 Å². The maximum absolute atomic E-state index is 14.6. The summed E-state index contributed by atoms with van der Waals surface area (Å²) in [6.07, 6.45) is -0.378. The molecule has 3 unspecified atom stereocenters. The van der Waals surface area contributed by atoms with Gasteiger partial charge in [0.25, 0.3) is 0 Å². The van der Waals surface area contributed by atoms with Gasteiger partial charge in [0.1, 0.15) is 29.3 Å². The molecule has 0 saturated carbocycles. The zero-order valence-corrected chi connectivity index (χ0v) is 29.8. The summed E-state index contributed by atoms with van der Waals surface area (Å²) in [6.45, 7) is 16.3. The average Bonchev–Trinajstić information content (AvgIpc) is 2.99. The summed E-state index contributed by atoms with van der Waals surface area (Å²) >= 11 is 0. The molecule has 0 aliphatic carbocycles. The van der Waals surface area contributed by atoms with Crippen molar-refractivity contribution in [1.82, 2.24) is 15.5 Å². The van der Waals surface area contributed by atoms with Gasteiger partial charge in [-0.25, -0.2) is 9.59 Å². The number of aryl methyl sites for hydroxylation is 2. The smallest absolute Gasteiger partial charge is 0.408 e. The van der Waals surface area contributed by atoms with Crippen LogP contribution in [0, 0.1) is 13.8 Å². The molecule has 0 aliphatic rings. The van der Waals surface area contributed by atoms with Crippen LogP contribution < -0.4 is 10.6 Å². The molecule has 3 aromatic carbocycles. The van der Waals surface area contributed by atoms with Crippen LogP contribution >= 0.6 is 0 Å². The molecule has 48 heavy (non-hydrogen) atoms. The molecule has 258 valence electrons. The van der Waals surface area contributed by atoms with Crippen molar-refractivity contribution in [3.63, 3.8) is 0 Å². The monoisotopic (exact) mass is 657 g/mol. The Morgan fingerprint density at radius 3 is 1.73 bits per heavy atom. The van der Waals surface area contributed by atoms with Gasteiger partial charge in [-0.2, -0.15) is 0 Å². The van der Waals surface area contributed by atoms with Crippen molar-refractivity contribution in [1.29, 1.82) is 0 Å². The van der Waals surface area contributed by atoms with E-state index in [-0.39, 0.29) is 19.4 Å². The van der Waals surface area contributed by atoms with Gasteiger partial charge >= 0.3 is 12.1 Å². The predicted molar refractivity (Wildman–Crippen MR) is 187 cm³/mol. The number of likely N-dealkylation sites (N-methyl/N-ethyl adjacent to an activating group) is 1. The van der Waals surface area contributed by atoms with Crippen LogP contribution in [0.15, 0.2) is 78.9 Å². The number of hydrogen-bond acceptors (Lipinski definition) is 6. The molecule has 3 rings (SSSR count). The van der Waals surface area contributed by atoms with Gasteiger partial charge in [-0.1, -0.05) is 84.4 Å². The Labute approximate surface area is 285 Å². The van der Waals surface area contributed by atoms with Crippen LogP contribution in [0.1, 0.15) is 82.3 Å². The number of nitrogens with zero attached hydrogens (tertiary/aromatic N) is 1. The molecule has 3 amide bonds. The van der Waals surface area contributed by atoms with Crippen molar-refractivity contribution >= 4 is 23.9 Å². The normalized spacial score (nSPS) is 13.4. The summed E-state index contributed by atoms with van der Waals surface area (Å²) in [5.74, 6) is -1.59. The number of alkyl carbamates (subject to hydrolysis) is 1. The molecule has 0 fully saturated rings. The van der Waals surface area contributed by atoms with Gasteiger partial charge in [-0.15, -0.1) is 0 Å². The quantitative estimate of drug-likeness (QED) is 0.218. The minimum atomic E-state index is -1.12.